The SMILES string of the molecule is CCc1ccc(O)cc1C(C)C=O. The molecule has 0 fully saturated rings. The average Bonchev–Trinajstić information content (AvgIpc) is 2.16. The summed E-state index contributed by atoms with van der Waals surface area (Å²) >= 11 is 0. The van der Waals surface area contributed by atoms with E-state index in [2.05, 4.69) is 0 Å². The van der Waals surface area contributed by atoms with E-state index in [4.69, 9.17) is 0 Å². The summed E-state index contributed by atoms with van der Waals surface area (Å²) in [6, 6.07) is 5.18. The first-order valence-corrected chi connectivity index (χ1v) is 4.46. The van der Waals surface area contributed by atoms with Gasteiger partial charge in [-0.25, -0.2) is 0 Å². The molecule has 2 nitrogen and oxygen atoms in total. The molecule has 0 radical (unpaired) electrons. The highest BCUT2D eigenvalue weighted by atomic mass is 16.3. The molecule has 1 aromatic rings. The van der Waals surface area contributed by atoms with Crippen LogP contribution in [0.3, 0.4) is 0 Å². The number of hydrogen-bond donors (Lipinski definition) is 1. The molecule has 0 aliphatic carbocycles. The van der Waals surface area contributed by atoms with E-state index < -0.39 is 0 Å². The third-order valence-electron chi connectivity index (χ3n) is 2.21. The molecule has 0 spiro atoms. The summed E-state index contributed by atoms with van der Waals surface area (Å²) in [6.07, 6.45) is 1.78. The molecule has 1 rings (SSSR count). The fourth-order valence-corrected chi connectivity index (χ4v) is 1.40. The van der Waals surface area contributed by atoms with Crippen molar-refractivity contribution >= 4 is 6.29 Å². The molecule has 0 aliphatic rings. The first-order chi connectivity index (χ1) is 6.19. The minimum atomic E-state index is -0.137. The molecule has 70 valence electrons. The van der Waals surface area contributed by atoms with Crippen molar-refractivity contribution in [2.45, 2.75) is 26.2 Å². The molecular formula is C11H14O2. The third-order valence-corrected chi connectivity index (χ3v) is 2.21. The van der Waals surface area contributed by atoms with Crippen molar-refractivity contribution in [2.24, 2.45) is 0 Å². The third kappa shape index (κ3) is 2.08. The highest BCUT2D eigenvalue weighted by molar-refractivity contribution is 5.63. The molecule has 0 aromatic heterocycles. The zero-order valence-electron chi connectivity index (χ0n) is 7.95. The maximum Gasteiger partial charge on any atom is 0.127 e. The maximum atomic E-state index is 10.6. The van der Waals surface area contributed by atoms with Gasteiger partial charge in [0.25, 0.3) is 0 Å². The predicted molar refractivity (Wildman–Crippen MR) is 52.0 cm³/mol. The van der Waals surface area contributed by atoms with E-state index in [1.807, 2.05) is 19.9 Å². The number of hydrogen-bond acceptors (Lipinski definition) is 2. The topological polar surface area (TPSA) is 37.3 Å². The second kappa shape index (κ2) is 4.08. The Morgan fingerprint density at radius 1 is 1.54 bits per heavy atom. The smallest absolute Gasteiger partial charge is 0.127 e. The van der Waals surface area contributed by atoms with Crippen LogP contribution in [0.2, 0.25) is 0 Å². The summed E-state index contributed by atoms with van der Waals surface area (Å²) in [4.78, 5) is 10.6. The minimum Gasteiger partial charge on any atom is -0.508 e. The maximum absolute atomic E-state index is 10.6. The van der Waals surface area contributed by atoms with Gasteiger partial charge in [0, 0.05) is 5.92 Å². The van der Waals surface area contributed by atoms with E-state index in [9.17, 15) is 9.90 Å². The Hall–Kier alpha value is -1.31. The molecule has 2 heteroatoms. The molecule has 0 aliphatic heterocycles. The lowest BCUT2D eigenvalue weighted by Gasteiger charge is -2.10. The van der Waals surface area contributed by atoms with Crippen LogP contribution in [0.15, 0.2) is 18.2 Å². The molecule has 0 amide bonds. The first kappa shape index (κ1) is 9.78. The van der Waals surface area contributed by atoms with E-state index >= 15 is 0 Å². The van der Waals surface area contributed by atoms with Crippen molar-refractivity contribution < 1.29 is 9.90 Å². The van der Waals surface area contributed by atoms with Crippen molar-refractivity contribution in [3.63, 3.8) is 0 Å². The van der Waals surface area contributed by atoms with E-state index in [0.717, 1.165) is 23.8 Å². The number of aromatic hydroxyl groups is 1. The summed E-state index contributed by atoms with van der Waals surface area (Å²) in [6.45, 7) is 3.87. The van der Waals surface area contributed by atoms with Crippen molar-refractivity contribution in [3.05, 3.63) is 29.3 Å². The highest BCUT2D eigenvalue weighted by Crippen LogP contribution is 2.23. The van der Waals surface area contributed by atoms with Gasteiger partial charge in [0.05, 0.1) is 0 Å². The molecule has 0 saturated carbocycles. The van der Waals surface area contributed by atoms with Crippen LogP contribution in [0.5, 0.6) is 5.75 Å². The number of aryl methyl sites for hydroxylation is 1. The van der Waals surface area contributed by atoms with Crippen LogP contribution in [-0.2, 0) is 11.2 Å². The Bertz CT molecular complexity index is 305. The lowest BCUT2D eigenvalue weighted by Crippen LogP contribution is -1.99. The van der Waals surface area contributed by atoms with Crippen molar-refractivity contribution in [1.82, 2.24) is 0 Å². The summed E-state index contributed by atoms with van der Waals surface area (Å²) in [7, 11) is 0. The molecule has 0 heterocycles. The van der Waals surface area contributed by atoms with Crippen molar-refractivity contribution in [3.8, 4) is 5.75 Å². The van der Waals surface area contributed by atoms with Crippen molar-refractivity contribution in [2.75, 3.05) is 0 Å². The number of carbonyl (C=O) groups excluding carboxylic acids is 1. The van der Waals surface area contributed by atoms with E-state index in [-0.39, 0.29) is 11.7 Å². The quantitative estimate of drug-likeness (QED) is 0.721. The van der Waals surface area contributed by atoms with Crippen LogP contribution in [0.4, 0.5) is 0 Å². The van der Waals surface area contributed by atoms with E-state index in [1.54, 1.807) is 12.1 Å². The van der Waals surface area contributed by atoms with Crippen LogP contribution >= 0.6 is 0 Å². The van der Waals surface area contributed by atoms with Gasteiger partial charge in [0.2, 0.25) is 0 Å². The summed E-state index contributed by atoms with van der Waals surface area (Å²) < 4.78 is 0. The second-order valence-corrected chi connectivity index (χ2v) is 3.16. The lowest BCUT2D eigenvalue weighted by atomic mass is 9.95. The Balaban J connectivity index is 3.14. The number of aldehydes is 1. The fraction of sp³-hybridized carbons (Fsp3) is 0.364. The standard InChI is InChI=1S/C11H14O2/c1-3-9-4-5-10(13)6-11(9)8(2)7-12/h4-8,13H,3H2,1-2H3. The largest absolute Gasteiger partial charge is 0.508 e. The highest BCUT2D eigenvalue weighted by Gasteiger charge is 2.08. The van der Waals surface area contributed by atoms with Crippen LogP contribution in [0, 0.1) is 0 Å². The number of phenols is 1. The first-order valence-electron chi connectivity index (χ1n) is 4.46. The van der Waals surface area contributed by atoms with Gasteiger partial charge in [-0.2, -0.15) is 0 Å². The summed E-state index contributed by atoms with van der Waals surface area (Å²) in [5.41, 5.74) is 2.05. The van der Waals surface area contributed by atoms with Crippen LogP contribution in [0.1, 0.15) is 30.9 Å². The van der Waals surface area contributed by atoms with Crippen LogP contribution in [0.25, 0.3) is 0 Å². The second-order valence-electron chi connectivity index (χ2n) is 3.16. The number of benzene rings is 1. The molecule has 1 N–H and O–H groups in total. The molecule has 13 heavy (non-hydrogen) atoms. The molecule has 1 unspecified atom stereocenters. The van der Waals surface area contributed by atoms with Gasteiger partial charge in [-0.1, -0.05) is 19.9 Å². The summed E-state index contributed by atoms with van der Waals surface area (Å²) in [5, 5.41) is 9.26. The average molecular weight is 178 g/mol. The summed E-state index contributed by atoms with van der Waals surface area (Å²) in [5.74, 6) is 0.0861. The monoisotopic (exact) mass is 178 g/mol. The molecular weight excluding hydrogens is 164 g/mol. The van der Waals surface area contributed by atoms with Crippen molar-refractivity contribution in [1.29, 1.82) is 0 Å². The van der Waals surface area contributed by atoms with Crippen LogP contribution in [-0.4, -0.2) is 11.4 Å². The Labute approximate surface area is 78.2 Å². The Morgan fingerprint density at radius 3 is 2.77 bits per heavy atom. The Morgan fingerprint density at radius 2 is 2.23 bits per heavy atom. The van der Waals surface area contributed by atoms with Crippen LogP contribution < -0.4 is 0 Å². The zero-order chi connectivity index (χ0) is 9.84. The van der Waals surface area contributed by atoms with Gasteiger partial charge in [0.1, 0.15) is 12.0 Å². The van der Waals surface area contributed by atoms with Gasteiger partial charge < -0.3 is 9.90 Å². The van der Waals surface area contributed by atoms with E-state index in [0.29, 0.717) is 0 Å². The van der Waals surface area contributed by atoms with Gasteiger partial charge >= 0.3 is 0 Å². The number of phenolic OH excluding ortho intramolecular Hbond substituents is 1. The molecule has 1 aromatic carbocycles. The molecule has 0 saturated heterocycles. The van der Waals surface area contributed by atoms with Gasteiger partial charge in [-0.3, -0.25) is 0 Å². The Kier molecular flexibility index (Phi) is 3.07. The van der Waals surface area contributed by atoms with E-state index in [1.165, 1.54) is 0 Å². The fourth-order valence-electron chi connectivity index (χ4n) is 1.40. The molecule has 1 atom stereocenters. The van der Waals surface area contributed by atoms with Gasteiger partial charge in [-0.15, -0.1) is 0 Å². The lowest BCUT2D eigenvalue weighted by molar-refractivity contribution is -0.108. The zero-order valence-corrected chi connectivity index (χ0v) is 7.95. The predicted octanol–water partition coefficient (Wildman–Crippen LogP) is 2.26. The number of carbonyl (C=O) groups is 1. The van der Waals surface area contributed by atoms with Gasteiger partial charge in [-0.05, 0) is 29.7 Å². The number of rotatable bonds is 3. The molecule has 0 bridgehead atoms. The minimum absolute atomic E-state index is 0.137. The van der Waals surface area contributed by atoms with Gasteiger partial charge in [0.15, 0.2) is 0 Å². The normalized spacial score (nSPS) is 12.5.